The fourth-order valence-corrected chi connectivity index (χ4v) is 2.35. The molecule has 18 heavy (non-hydrogen) atoms. The van der Waals surface area contributed by atoms with E-state index in [9.17, 15) is 19.8 Å². The van der Waals surface area contributed by atoms with E-state index in [1.807, 2.05) is 0 Å². The predicted molar refractivity (Wildman–Crippen MR) is 65.7 cm³/mol. The molecule has 1 aromatic rings. The standard InChI is InChI=1S/C10H14N2O5S/c13-4-10(5-18)6(14)3-8(17-10)12-2-1-7(15)11-9(12)16/h1-2,6,8,13-14,18H,3-5H2,(H,11,15,16)/t6-,8+,10-/m0/s1. The lowest BCUT2D eigenvalue weighted by molar-refractivity contribution is -0.113. The second-order valence-corrected chi connectivity index (χ2v) is 4.54. The molecule has 0 amide bonds. The molecule has 3 N–H and O–H groups in total. The van der Waals surface area contributed by atoms with Gasteiger partial charge in [-0.25, -0.2) is 4.79 Å². The highest BCUT2D eigenvalue weighted by molar-refractivity contribution is 7.80. The number of aliphatic hydroxyl groups is 2. The number of aromatic amines is 1. The second-order valence-electron chi connectivity index (χ2n) is 4.22. The topological polar surface area (TPSA) is 105 Å². The van der Waals surface area contributed by atoms with Crippen molar-refractivity contribution in [2.24, 2.45) is 0 Å². The Labute approximate surface area is 107 Å². The Morgan fingerprint density at radius 3 is 2.83 bits per heavy atom. The summed E-state index contributed by atoms with van der Waals surface area (Å²) in [4.78, 5) is 24.6. The normalized spacial score (nSPS) is 31.7. The van der Waals surface area contributed by atoms with Crippen molar-refractivity contribution in [3.63, 3.8) is 0 Å². The van der Waals surface area contributed by atoms with Gasteiger partial charge < -0.3 is 14.9 Å². The summed E-state index contributed by atoms with van der Waals surface area (Å²) in [5, 5.41) is 19.2. The summed E-state index contributed by atoms with van der Waals surface area (Å²) in [5.41, 5.74) is -2.30. The molecule has 0 saturated carbocycles. The van der Waals surface area contributed by atoms with Gasteiger partial charge in [0.25, 0.3) is 5.56 Å². The van der Waals surface area contributed by atoms with Crippen LogP contribution < -0.4 is 11.2 Å². The Kier molecular flexibility index (Phi) is 3.62. The van der Waals surface area contributed by atoms with Gasteiger partial charge >= 0.3 is 5.69 Å². The summed E-state index contributed by atoms with van der Waals surface area (Å²) in [6.07, 6.45) is -0.218. The fraction of sp³-hybridized carbons (Fsp3) is 0.600. The third kappa shape index (κ3) is 2.12. The van der Waals surface area contributed by atoms with E-state index in [-0.39, 0.29) is 12.2 Å². The molecule has 2 heterocycles. The molecule has 1 saturated heterocycles. The summed E-state index contributed by atoms with van der Waals surface area (Å²) in [6.45, 7) is -0.397. The molecule has 0 radical (unpaired) electrons. The summed E-state index contributed by atoms with van der Waals surface area (Å²) >= 11 is 4.05. The van der Waals surface area contributed by atoms with Crippen LogP contribution in [0.5, 0.6) is 0 Å². The number of thiol groups is 1. The molecule has 0 spiro atoms. The first-order chi connectivity index (χ1) is 8.52. The number of H-pyrrole nitrogens is 1. The van der Waals surface area contributed by atoms with Gasteiger partial charge in [0.2, 0.25) is 0 Å². The minimum atomic E-state index is -1.18. The molecule has 0 aromatic carbocycles. The van der Waals surface area contributed by atoms with Gasteiger partial charge in [-0.15, -0.1) is 0 Å². The van der Waals surface area contributed by atoms with Crippen molar-refractivity contribution in [3.05, 3.63) is 33.1 Å². The van der Waals surface area contributed by atoms with Crippen LogP contribution in [-0.4, -0.2) is 43.8 Å². The van der Waals surface area contributed by atoms with Gasteiger partial charge in [-0.3, -0.25) is 14.3 Å². The molecule has 8 heteroatoms. The molecule has 7 nitrogen and oxygen atoms in total. The number of aromatic nitrogens is 2. The maximum atomic E-state index is 11.6. The minimum Gasteiger partial charge on any atom is -0.393 e. The number of rotatable bonds is 3. The lowest BCUT2D eigenvalue weighted by Crippen LogP contribution is -2.45. The lowest BCUT2D eigenvalue weighted by atomic mass is 10.0. The van der Waals surface area contributed by atoms with E-state index in [1.54, 1.807) is 0 Å². The van der Waals surface area contributed by atoms with Crippen molar-refractivity contribution in [3.8, 4) is 0 Å². The average molecular weight is 274 g/mol. The van der Waals surface area contributed by atoms with Crippen LogP contribution in [0.3, 0.4) is 0 Å². The number of ether oxygens (including phenoxy) is 1. The first-order valence-corrected chi connectivity index (χ1v) is 6.05. The lowest BCUT2D eigenvalue weighted by Gasteiger charge is -2.28. The first-order valence-electron chi connectivity index (χ1n) is 5.41. The van der Waals surface area contributed by atoms with Crippen molar-refractivity contribution in [2.75, 3.05) is 12.4 Å². The number of nitrogens with one attached hydrogen (secondary N) is 1. The van der Waals surface area contributed by atoms with Gasteiger partial charge in [-0.05, 0) is 0 Å². The number of hydrogen-bond donors (Lipinski definition) is 4. The fourth-order valence-electron chi connectivity index (χ4n) is 1.96. The summed E-state index contributed by atoms with van der Waals surface area (Å²) in [7, 11) is 0. The zero-order valence-corrected chi connectivity index (χ0v) is 10.3. The zero-order chi connectivity index (χ0) is 13.3. The van der Waals surface area contributed by atoms with Crippen LogP contribution in [0.25, 0.3) is 0 Å². The highest BCUT2D eigenvalue weighted by atomic mass is 32.1. The largest absolute Gasteiger partial charge is 0.393 e. The SMILES string of the molecule is O=c1ccn([C@H]2C[C@H](O)[C@](CO)(CS)O2)c(=O)[nH]1. The Morgan fingerprint density at radius 1 is 1.61 bits per heavy atom. The van der Waals surface area contributed by atoms with E-state index >= 15 is 0 Å². The van der Waals surface area contributed by atoms with Crippen molar-refractivity contribution in [1.82, 2.24) is 9.55 Å². The highest BCUT2D eigenvalue weighted by Gasteiger charge is 2.47. The maximum Gasteiger partial charge on any atom is 0.330 e. The number of aliphatic hydroxyl groups excluding tert-OH is 2. The monoisotopic (exact) mass is 274 g/mol. The van der Waals surface area contributed by atoms with E-state index < -0.39 is 35.8 Å². The third-order valence-corrected chi connectivity index (χ3v) is 3.63. The molecule has 3 atom stereocenters. The Morgan fingerprint density at radius 2 is 2.33 bits per heavy atom. The van der Waals surface area contributed by atoms with E-state index in [4.69, 9.17) is 4.74 Å². The van der Waals surface area contributed by atoms with E-state index in [2.05, 4.69) is 17.6 Å². The summed E-state index contributed by atoms with van der Waals surface area (Å²) in [5.74, 6) is 0.124. The Hall–Kier alpha value is -1.09. The first kappa shape index (κ1) is 13.3. The van der Waals surface area contributed by atoms with Gasteiger partial charge in [-0.1, -0.05) is 0 Å². The third-order valence-electron chi connectivity index (χ3n) is 3.10. The smallest absolute Gasteiger partial charge is 0.330 e. The van der Waals surface area contributed by atoms with Gasteiger partial charge in [0.1, 0.15) is 11.8 Å². The van der Waals surface area contributed by atoms with Crippen LogP contribution in [0.4, 0.5) is 0 Å². The maximum absolute atomic E-state index is 11.6. The molecule has 2 rings (SSSR count). The number of hydrogen-bond acceptors (Lipinski definition) is 6. The van der Waals surface area contributed by atoms with Gasteiger partial charge in [-0.2, -0.15) is 12.6 Å². The van der Waals surface area contributed by atoms with Crippen LogP contribution in [0, 0.1) is 0 Å². The Balaban J connectivity index is 2.32. The molecule has 1 aliphatic heterocycles. The molecule has 1 aromatic heterocycles. The van der Waals surface area contributed by atoms with E-state index in [0.29, 0.717) is 0 Å². The van der Waals surface area contributed by atoms with Crippen molar-refractivity contribution >= 4 is 12.6 Å². The van der Waals surface area contributed by atoms with E-state index in [1.165, 1.54) is 16.8 Å². The van der Waals surface area contributed by atoms with Crippen LogP contribution >= 0.6 is 12.6 Å². The van der Waals surface area contributed by atoms with Crippen LogP contribution in [-0.2, 0) is 4.74 Å². The molecule has 100 valence electrons. The average Bonchev–Trinajstić information content (AvgIpc) is 2.67. The molecule has 1 aliphatic rings. The molecule has 0 bridgehead atoms. The highest BCUT2D eigenvalue weighted by Crippen LogP contribution is 2.36. The second kappa shape index (κ2) is 4.88. The molecule has 0 aliphatic carbocycles. The van der Waals surface area contributed by atoms with Crippen molar-refractivity contribution in [1.29, 1.82) is 0 Å². The van der Waals surface area contributed by atoms with Gasteiger partial charge in [0, 0.05) is 24.4 Å². The molecule has 1 fully saturated rings. The minimum absolute atomic E-state index is 0.124. The van der Waals surface area contributed by atoms with Crippen molar-refractivity contribution in [2.45, 2.75) is 24.4 Å². The quantitative estimate of drug-likeness (QED) is 0.501. The molecule has 0 unspecified atom stereocenters. The van der Waals surface area contributed by atoms with Crippen LogP contribution in [0.2, 0.25) is 0 Å². The summed E-state index contributed by atoms with van der Waals surface area (Å²) < 4.78 is 6.70. The van der Waals surface area contributed by atoms with Crippen LogP contribution in [0.15, 0.2) is 21.9 Å². The molecular weight excluding hydrogens is 260 g/mol. The summed E-state index contributed by atoms with van der Waals surface area (Å²) in [6, 6.07) is 1.19. The van der Waals surface area contributed by atoms with Crippen LogP contribution in [0.1, 0.15) is 12.6 Å². The Bertz CT molecular complexity index is 536. The van der Waals surface area contributed by atoms with Crippen molar-refractivity contribution < 1.29 is 14.9 Å². The van der Waals surface area contributed by atoms with E-state index in [0.717, 1.165) is 0 Å². The zero-order valence-electron chi connectivity index (χ0n) is 9.44. The van der Waals surface area contributed by atoms with Gasteiger partial charge in [0.05, 0.1) is 12.7 Å². The predicted octanol–water partition coefficient (Wildman–Crippen LogP) is -1.52. The molecular formula is C10H14N2O5S. The van der Waals surface area contributed by atoms with Gasteiger partial charge in [0.15, 0.2) is 0 Å². The number of nitrogens with zero attached hydrogens (tertiary/aromatic N) is 1.